The molecule has 1 N–H and O–H groups in total. The van der Waals surface area contributed by atoms with E-state index in [0.29, 0.717) is 24.2 Å². The third-order valence-electron chi connectivity index (χ3n) is 4.49. The van der Waals surface area contributed by atoms with Gasteiger partial charge in [0.2, 0.25) is 5.91 Å². The number of ether oxygens (including phenoxy) is 1. The van der Waals surface area contributed by atoms with Gasteiger partial charge < -0.3 is 14.6 Å². The van der Waals surface area contributed by atoms with Crippen LogP contribution in [-0.4, -0.2) is 33.5 Å². The molecule has 2 aliphatic carbocycles. The summed E-state index contributed by atoms with van der Waals surface area (Å²) in [5, 5.41) is 11.6. The molecule has 1 aromatic heterocycles. The Balaban J connectivity index is 1.63. The minimum absolute atomic E-state index is 0.0270. The van der Waals surface area contributed by atoms with Gasteiger partial charge in [-0.15, -0.1) is 10.2 Å². The van der Waals surface area contributed by atoms with Crippen LogP contribution in [0.2, 0.25) is 0 Å². The number of hydrogen-bond donors (Lipinski definition) is 1. The summed E-state index contributed by atoms with van der Waals surface area (Å²) in [5.41, 5.74) is 2.57. The summed E-state index contributed by atoms with van der Waals surface area (Å²) in [6, 6.07) is 0. The van der Waals surface area contributed by atoms with E-state index in [4.69, 9.17) is 4.74 Å². The number of carbonyl (C=O) groups is 1. The molecular formula is C16H22N4O2S. The first kappa shape index (κ1) is 16.1. The van der Waals surface area contributed by atoms with Crippen molar-refractivity contribution in [3.05, 3.63) is 28.8 Å². The predicted molar refractivity (Wildman–Crippen MR) is 88.6 cm³/mol. The van der Waals surface area contributed by atoms with Crippen molar-refractivity contribution in [3.63, 3.8) is 0 Å². The maximum absolute atomic E-state index is 11.3. The number of allylic oxidation sites excluding steroid dienone is 4. The van der Waals surface area contributed by atoms with Gasteiger partial charge in [-0.2, -0.15) is 0 Å². The summed E-state index contributed by atoms with van der Waals surface area (Å²) in [4.78, 5) is 11.3. The van der Waals surface area contributed by atoms with Crippen molar-refractivity contribution in [2.75, 3.05) is 12.8 Å². The Hall–Kier alpha value is -1.76. The first-order valence-corrected chi connectivity index (χ1v) is 8.73. The number of hydrogen-bond acceptors (Lipinski definition) is 5. The monoisotopic (exact) mass is 334 g/mol. The van der Waals surface area contributed by atoms with Crippen molar-refractivity contribution in [2.45, 2.75) is 32.0 Å². The molecule has 23 heavy (non-hydrogen) atoms. The number of nitrogens with zero attached hydrogens (tertiary/aromatic N) is 3. The Kier molecular flexibility index (Phi) is 4.48. The van der Waals surface area contributed by atoms with E-state index in [1.165, 1.54) is 29.3 Å². The maximum Gasteiger partial charge on any atom is 0.230 e. The molecule has 1 amide bonds. The highest BCUT2D eigenvalue weighted by molar-refractivity contribution is 7.99. The predicted octanol–water partition coefficient (Wildman–Crippen LogP) is 2.04. The Morgan fingerprint density at radius 3 is 3.00 bits per heavy atom. The largest absolute Gasteiger partial charge is 0.489 e. The van der Waals surface area contributed by atoms with E-state index < -0.39 is 0 Å². The molecule has 0 bridgehead atoms. The molecule has 0 aromatic carbocycles. The van der Waals surface area contributed by atoms with Gasteiger partial charge in [-0.1, -0.05) is 17.8 Å². The average Bonchev–Trinajstić information content (AvgIpc) is 3.21. The van der Waals surface area contributed by atoms with Gasteiger partial charge in [0.25, 0.3) is 0 Å². The minimum Gasteiger partial charge on any atom is -0.489 e. The Bertz CT molecular complexity index is 692. The van der Waals surface area contributed by atoms with Crippen LogP contribution in [0, 0.1) is 11.8 Å². The molecule has 124 valence electrons. The lowest BCUT2D eigenvalue weighted by Gasteiger charge is -2.17. The smallest absolute Gasteiger partial charge is 0.230 e. The van der Waals surface area contributed by atoms with Crippen molar-refractivity contribution >= 4 is 17.7 Å². The normalized spacial score (nSPS) is 22.5. The zero-order valence-electron chi connectivity index (χ0n) is 13.9. The number of aromatic nitrogens is 3. The number of nitrogens with one attached hydrogen (secondary N) is 1. The van der Waals surface area contributed by atoms with Gasteiger partial charge in [-0.3, -0.25) is 4.79 Å². The van der Waals surface area contributed by atoms with Crippen LogP contribution in [-0.2, 0) is 23.2 Å². The molecule has 1 saturated carbocycles. The molecule has 0 spiro atoms. The summed E-state index contributed by atoms with van der Waals surface area (Å²) in [6.07, 6.45) is 3.54. The fraction of sp³-hybridized carbons (Fsp3) is 0.562. The third kappa shape index (κ3) is 3.29. The maximum atomic E-state index is 11.3. The van der Waals surface area contributed by atoms with Gasteiger partial charge in [-0.25, -0.2) is 0 Å². The van der Waals surface area contributed by atoms with Crippen LogP contribution >= 0.6 is 11.8 Å². The van der Waals surface area contributed by atoms with Gasteiger partial charge in [0.1, 0.15) is 12.4 Å². The van der Waals surface area contributed by atoms with Crippen LogP contribution in [0.1, 0.15) is 26.1 Å². The van der Waals surface area contributed by atoms with E-state index in [-0.39, 0.29) is 5.91 Å². The van der Waals surface area contributed by atoms with Crippen molar-refractivity contribution in [2.24, 2.45) is 18.9 Å². The number of carbonyl (C=O) groups excluding carboxylic acids is 1. The molecule has 2 aliphatic rings. The molecule has 7 heteroatoms. The Morgan fingerprint density at radius 2 is 2.26 bits per heavy atom. The van der Waals surface area contributed by atoms with E-state index in [0.717, 1.165) is 16.7 Å². The lowest BCUT2D eigenvalue weighted by Crippen LogP contribution is -2.20. The van der Waals surface area contributed by atoms with Crippen molar-refractivity contribution in [3.8, 4) is 0 Å². The number of thioether (sulfide) groups is 1. The second-order valence-electron chi connectivity index (χ2n) is 6.05. The van der Waals surface area contributed by atoms with Crippen molar-refractivity contribution in [1.82, 2.24) is 20.1 Å². The van der Waals surface area contributed by atoms with E-state index in [9.17, 15) is 4.79 Å². The van der Waals surface area contributed by atoms with Gasteiger partial charge in [-0.05, 0) is 37.3 Å². The highest BCUT2D eigenvalue weighted by Crippen LogP contribution is 2.51. The van der Waals surface area contributed by atoms with Gasteiger partial charge in [0, 0.05) is 20.0 Å². The van der Waals surface area contributed by atoms with Gasteiger partial charge in [0.05, 0.1) is 5.75 Å². The number of rotatable bonds is 6. The molecule has 6 nitrogen and oxygen atoms in total. The van der Waals surface area contributed by atoms with Crippen molar-refractivity contribution in [1.29, 1.82) is 0 Å². The highest BCUT2D eigenvalue weighted by atomic mass is 32.2. The van der Waals surface area contributed by atoms with E-state index in [2.05, 4.69) is 35.4 Å². The van der Waals surface area contributed by atoms with Crippen LogP contribution in [0.15, 0.2) is 28.1 Å². The van der Waals surface area contributed by atoms with E-state index in [1.807, 2.05) is 11.6 Å². The Morgan fingerprint density at radius 1 is 1.48 bits per heavy atom. The number of amides is 1. The molecule has 2 atom stereocenters. The van der Waals surface area contributed by atoms with Crippen LogP contribution in [0.4, 0.5) is 0 Å². The molecule has 0 aliphatic heterocycles. The molecule has 1 heterocycles. The molecule has 1 fully saturated rings. The minimum atomic E-state index is -0.0270. The highest BCUT2D eigenvalue weighted by Gasteiger charge is 2.43. The zero-order valence-corrected chi connectivity index (χ0v) is 14.7. The van der Waals surface area contributed by atoms with Crippen LogP contribution in [0.5, 0.6) is 0 Å². The van der Waals surface area contributed by atoms with E-state index >= 15 is 0 Å². The lowest BCUT2D eigenvalue weighted by atomic mass is 9.99. The van der Waals surface area contributed by atoms with Gasteiger partial charge >= 0.3 is 0 Å². The summed E-state index contributed by atoms with van der Waals surface area (Å²) in [6.45, 7) is 4.67. The van der Waals surface area contributed by atoms with Crippen molar-refractivity contribution < 1.29 is 9.53 Å². The fourth-order valence-corrected chi connectivity index (χ4v) is 3.58. The van der Waals surface area contributed by atoms with Gasteiger partial charge in [0.15, 0.2) is 11.0 Å². The zero-order chi connectivity index (χ0) is 16.6. The molecule has 0 saturated heterocycles. The second-order valence-corrected chi connectivity index (χ2v) is 7.00. The average molecular weight is 334 g/mol. The standard InChI is InChI=1S/C16H22N4O2S/c1-9-5-11-6-12(11)15(10(9)2)22-7-13-18-19-16(20(13)4)23-8-14(21)17-3/h5,11-12H,6-8H2,1-4H3,(H,17,21). The molecule has 0 radical (unpaired) electrons. The fourth-order valence-electron chi connectivity index (χ4n) is 2.78. The van der Waals surface area contributed by atoms with Crippen LogP contribution in [0.25, 0.3) is 0 Å². The summed E-state index contributed by atoms with van der Waals surface area (Å²) in [5.74, 6) is 3.40. The summed E-state index contributed by atoms with van der Waals surface area (Å²) >= 11 is 1.37. The quantitative estimate of drug-likeness (QED) is 0.806. The summed E-state index contributed by atoms with van der Waals surface area (Å²) in [7, 11) is 3.53. The molecule has 3 rings (SSSR count). The SMILES string of the molecule is CNC(=O)CSc1nnc(COC2=C(C)C(C)=CC3CC23)n1C. The van der Waals surface area contributed by atoms with Crippen LogP contribution < -0.4 is 5.32 Å². The third-order valence-corrected chi connectivity index (χ3v) is 5.52. The number of fused-ring (bicyclic) bond motifs is 1. The first-order valence-electron chi connectivity index (χ1n) is 7.75. The topological polar surface area (TPSA) is 69.0 Å². The Labute approximate surface area is 140 Å². The molecule has 2 unspecified atom stereocenters. The summed E-state index contributed by atoms with van der Waals surface area (Å²) < 4.78 is 7.96. The second kappa shape index (κ2) is 6.39. The first-order chi connectivity index (χ1) is 11.0. The lowest BCUT2D eigenvalue weighted by molar-refractivity contribution is -0.118. The molecule has 1 aromatic rings. The van der Waals surface area contributed by atoms with Crippen LogP contribution in [0.3, 0.4) is 0 Å². The van der Waals surface area contributed by atoms with E-state index in [1.54, 1.807) is 7.05 Å². The molecular weight excluding hydrogens is 312 g/mol.